The van der Waals surface area contributed by atoms with Crippen LogP contribution in [0, 0.1) is 11.3 Å². The zero-order chi connectivity index (χ0) is 13.6. The molecule has 8 nitrogen and oxygen atoms in total. The van der Waals surface area contributed by atoms with E-state index in [1.54, 1.807) is 4.57 Å². The van der Waals surface area contributed by atoms with Gasteiger partial charge in [0.25, 0.3) is 0 Å². The average Bonchev–Trinajstić information content (AvgIpc) is 2.94. The molecule has 0 fully saturated rings. The van der Waals surface area contributed by atoms with E-state index < -0.39 is 18.2 Å². The first-order valence-electron chi connectivity index (χ1n) is 5.54. The Morgan fingerprint density at radius 3 is 2.79 bits per heavy atom. The van der Waals surface area contributed by atoms with Gasteiger partial charge in [-0.05, 0) is 6.08 Å². The van der Waals surface area contributed by atoms with Crippen molar-refractivity contribution >= 4 is 17.0 Å². The van der Waals surface area contributed by atoms with Gasteiger partial charge < -0.3 is 20.5 Å². The Morgan fingerprint density at radius 1 is 1.32 bits per heavy atom. The topological polar surface area (TPSA) is 134 Å². The van der Waals surface area contributed by atoms with Gasteiger partial charge in [-0.2, -0.15) is 5.26 Å². The number of hydrogen-bond donors (Lipinski definition) is 3. The van der Waals surface area contributed by atoms with Crippen molar-refractivity contribution in [1.29, 1.82) is 5.26 Å². The highest BCUT2D eigenvalue weighted by Crippen LogP contribution is 2.31. The molecular formula is C11H10N6O2. The molecule has 2 aromatic heterocycles. The van der Waals surface area contributed by atoms with Gasteiger partial charge in [-0.3, -0.25) is 0 Å². The van der Waals surface area contributed by atoms with Crippen molar-refractivity contribution in [3.8, 4) is 6.07 Å². The number of nitriles is 1. The van der Waals surface area contributed by atoms with Gasteiger partial charge in [0.2, 0.25) is 0 Å². The predicted molar refractivity (Wildman–Crippen MR) is 64.5 cm³/mol. The lowest BCUT2D eigenvalue weighted by Gasteiger charge is -2.18. The Kier molecular flexibility index (Phi) is 2.45. The molecule has 8 heteroatoms. The number of anilines is 1. The van der Waals surface area contributed by atoms with E-state index in [4.69, 9.17) is 11.0 Å². The van der Waals surface area contributed by atoms with Crippen LogP contribution in [0.3, 0.4) is 0 Å². The van der Waals surface area contributed by atoms with Crippen molar-refractivity contribution in [2.75, 3.05) is 5.73 Å². The maximum absolute atomic E-state index is 9.98. The first kappa shape index (κ1) is 11.6. The Morgan fingerprint density at radius 2 is 2.11 bits per heavy atom. The summed E-state index contributed by atoms with van der Waals surface area (Å²) >= 11 is 0. The summed E-state index contributed by atoms with van der Waals surface area (Å²) in [6.07, 6.45) is 1.92. The van der Waals surface area contributed by atoms with E-state index >= 15 is 0 Å². The van der Waals surface area contributed by atoms with Crippen LogP contribution >= 0.6 is 0 Å². The lowest BCUT2D eigenvalue weighted by Crippen LogP contribution is -2.29. The number of nitrogens with zero attached hydrogens (tertiary/aromatic N) is 5. The molecule has 0 bridgehead atoms. The zero-order valence-corrected chi connectivity index (χ0v) is 9.67. The molecule has 0 aromatic carbocycles. The molecule has 2 heterocycles. The maximum atomic E-state index is 9.98. The molecule has 0 radical (unpaired) electrons. The van der Waals surface area contributed by atoms with Crippen molar-refractivity contribution in [3.63, 3.8) is 0 Å². The predicted octanol–water partition coefficient (Wildman–Crippen LogP) is -0.865. The van der Waals surface area contributed by atoms with E-state index in [9.17, 15) is 10.2 Å². The van der Waals surface area contributed by atoms with Crippen molar-refractivity contribution in [3.05, 3.63) is 24.3 Å². The van der Waals surface area contributed by atoms with Crippen LogP contribution in [0.25, 0.3) is 11.2 Å². The molecule has 96 valence electrons. The van der Waals surface area contributed by atoms with Crippen LogP contribution in [0.15, 0.2) is 24.3 Å². The quantitative estimate of drug-likeness (QED) is 0.605. The molecule has 0 spiro atoms. The summed E-state index contributed by atoms with van der Waals surface area (Å²) in [5, 5.41) is 28.6. The molecule has 0 saturated carbocycles. The standard InChI is InChI=1S/C11H10N6O2/c12-2-5-1-6(9(19)8(5)18)17-4-16-7-10(13)14-3-15-11(7)17/h1,3-4,6,8-9,18-19H,(H2,13,14,15)/t6-,8-,9+/m1/s1. The van der Waals surface area contributed by atoms with Crippen LogP contribution in [0.1, 0.15) is 6.04 Å². The summed E-state index contributed by atoms with van der Waals surface area (Å²) in [4.78, 5) is 12.0. The fraction of sp³-hybridized carbons (Fsp3) is 0.273. The first-order valence-corrected chi connectivity index (χ1v) is 5.54. The third kappa shape index (κ3) is 1.56. The Labute approximate surface area is 107 Å². The summed E-state index contributed by atoms with van der Waals surface area (Å²) in [6.45, 7) is 0. The van der Waals surface area contributed by atoms with Gasteiger partial charge in [0.05, 0.1) is 24.0 Å². The fourth-order valence-corrected chi connectivity index (χ4v) is 2.19. The molecular weight excluding hydrogens is 248 g/mol. The lowest BCUT2D eigenvalue weighted by molar-refractivity contribution is 0.0345. The average molecular weight is 258 g/mol. The minimum Gasteiger partial charge on any atom is -0.388 e. The van der Waals surface area contributed by atoms with E-state index in [-0.39, 0.29) is 11.4 Å². The van der Waals surface area contributed by atoms with Crippen molar-refractivity contribution in [2.45, 2.75) is 18.2 Å². The van der Waals surface area contributed by atoms with Gasteiger partial charge in [0.1, 0.15) is 24.1 Å². The monoisotopic (exact) mass is 258 g/mol. The fourth-order valence-electron chi connectivity index (χ4n) is 2.19. The van der Waals surface area contributed by atoms with Crippen LogP contribution in [-0.4, -0.2) is 41.9 Å². The Hall–Kier alpha value is -2.50. The second kappa shape index (κ2) is 4.01. The van der Waals surface area contributed by atoms with Crippen LogP contribution in [0.4, 0.5) is 5.82 Å². The van der Waals surface area contributed by atoms with Gasteiger partial charge in [-0.25, -0.2) is 15.0 Å². The van der Waals surface area contributed by atoms with E-state index in [0.29, 0.717) is 11.2 Å². The second-order valence-electron chi connectivity index (χ2n) is 4.24. The highest BCUT2D eigenvalue weighted by molar-refractivity contribution is 5.81. The summed E-state index contributed by atoms with van der Waals surface area (Å²) in [5.41, 5.74) is 6.67. The number of rotatable bonds is 1. The summed E-state index contributed by atoms with van der Waals surface area (Å²) < 4.78 is 1.56. The number of nitrogen functional groups attached to an aromatic ring is 1. The molecule has 0 saturated heterocycles. The normalized spacial score (nSPS) is 26.4. The van der Waals surface area contributed by atoms with Gasteiger partial charge in [0.15, 0.2) is 11.5 Å². The van der Waals surface area contributed by atoms with Crippen LogP contribution in [0.5, 0.6) is 0 Å². The van der Waals surface area contributed by atoms with Gasteiger partial charge >= 0.3 is 0 Å². The second-order valence-corrected chi connectivity index (χ2v) is 4.24. The molecule has 1 aliphatic carbocycles. The smallest absolute Gasteiger partial charge is 0.166 e. The van der Waals surface area contributed by atoms with Crippen LogP contribution in [0.2, 0.25) is 0 Å². The van der Waals surface area contributed by atoms with Gasteiger partial charge in [0, 0.05) is 0 Å². The molecule has 3 atom stereocenters. The van der Waals surface area contributed by atoms with Crippen molar-refractivity contribution in [2.24, 2.45) is 0 Å². The highest BCUT2D eigenvalue weighted by atomic mass is 16.3. The van der Waals surface area contributed by atoms with Gasteiger partial charge in [-0.15, -0.1) is 0 Å². The number of aliphatic hydroxyl groups is 2. The Balaban J connectivity index is 2.14. The number of aliphatic hydroxyl groups excluding tert-OH is 2. The molecule has 2 aromatic rings. The van der Waals surface area contributed by atoms with Gasteiger partial charge in [-0.1, -0.05) is 0 Å². The SMILES string of the molecule is N#CC1=C[C@@H](n2cnc3c(N)ncnc32)[C@H](O)[C@@H]1O. The first-order chi connectivity index (χ1) is 9.13. The lowest BCUT2D eigenvalue weighted by atomic mass is 10.1. The minimum atomic E-state index is -1.20. The van der Waals surface area contributed by atoms with E-state index in [2.05, 4.69) is 15.0 Å². The van der Waals surface area contributed by atoms with Crippen LogP contribution in [-0.2, 0) is 0 Å². The molecule has 0 aliphatic heterocycles. The summed E-state index contributed by atoms with van der Waals surface area (Å²) in [7, 11) is 0. The van der Waals surface area contributed by atoms with Crippen molar-refractivity contribution < 1.29 is 10.2 Å². The number of hydrogen-bond acceptors (Lipinski definition) is 7. The molecule has 3 rings (SSSR count). The zero-order valence-electron chi connectivity index (χ0n) is 9.67. The molecule has 0 unspecified atom stereocenters. The van der Waals surface area contributed by atoms with Crippen LogP contribution < -0.4 is 5.73 Å². The number of aromatic nitrogens is 4. The summed E-state index contributed by atoms with van der Waals surface area (Å²) in [5.74, 6) is 0.237. The Bertz CT molecular complexity index is 716. The number of fused-ring (bicyclic) bond motifs is 1. The third-order valence-electron chi connectivity index (χ3n) is 3.18. The van der Waals surface area contributed by atoms with E-state index in [1.165, 1.54) is 18.7 Å². The molecule has 4 N–H and O–H groups in total. The molecule has 19 heavy (non-hydrogen) atoms. The third-order valence-corrected chi connectivity index (χ3v) is 3.18. The number of imidazole rings is 1. The van der Waals surface area contributed by atoms with Crippen molar-refractivity contribution in [1.82, 2.24) is 19.5 Å². The summed E-state index contributed by atoms with van der Waals surface area (Å²) in [6, 6.07) is 1.25. The molecule has 1 aliphatic rings. The highest BCUT2D eigenvalue weighted by Gasteiger charge is 2.36. The molecule has 0 amide bonds. The van der Waals surface area contributed by atoms with E-state index in [0.717, 1.165) is 0 Å². The number of nitrogens with two attached hydrogens (primary N) is 1. The maximum Gasteiger partial charge on any atom is 0.166 e. The minimum absolute atomic E-state index is 0.126. The largest absolute Gasteiger partial charge is 0.388 e. The van der Waals surface area contributed by atoms with E-state index in [1.807, 2.05) is 6.07 Å².